The number of hydrogen-bond acceptors (Lipinski definition) is 3. The van der Waals surface area contributed by atoms with Crippen molar-refractivity contribution in [3.05, 3.63) is 76.6 Å². The van der Waals surface area contributed by atoms with Crippen molar-refractivity contribution in [3.63, 3.8) is 0 Å². The summed E-state index contributed by atoms with van der Waals surface area (Å²) in [5.41, 5.74) is 3.69. The van der Waals surface area contributed by atoms with E-state index in [1.807, 2.05) is 62.4 Å². The molecule has 23 heavy (non-hydrogen) atoms. The Morgan fingerprint density at radius 1 is 1.22 bits per heavy atom. The van der Waals surface area contributed by atoms with E-state index >= 15 is 0 Å². The van der Waals surface area contributed by atoms with E-state index in [0.29, 0.717) is 10.5 Å². The molecule has 0 radical (unpaired) electrons. The zero-order chi connectivity index (χ0) is 16.4. The summed E-state index contributed by atoms with van der Waals surface area (Å²) < 4.78 is 1.70. The number of aryl methyl sites for hydroxylation is 1. The molecule has 1 heterocycles. The van der Waals surface area contributed by atoms with Crippen molar-refractivity contribution in [2.75, 3.05) is 5.75 Å². The first-order valence-corrected chi connectivity index (χ1v) is 8.41. The molecule has 0 N–H and O–H groups in total. The first-order chi connectivity index (χ1) is 11.1. The van der Waals surface area contributed by atoms with E-state index < -0.39 is 0 Å². The predicted molar refractivity (Wildman–Crippen MR) is 97.6 cm³/mol. The van der Waals surface area contributed by atoms with Crippen molar-refractivity contribution >= 4 is 22.7 Å². The summed E-state index contributed by atoms with van der Waals surface area (Å²) in [5.74, 6) is 0.733. The minimum Gasteiger partial charge on any atom is -0.268 e. The van der Waals surface area contributed by atoms with E-state index in [1.54, 1.807) is 4.57 Å². The zero-order valence-corrected chi connectivity index (χ0v) is 14.1. The highest BCUT2D eigenvalue weighted by Gasteiger charge is 2.13. The summed E-state index contributed by atoms with van der Waals surface area (Å²) >= 11 is 1.54. The number of hydrogen-bond donors (Lipinski definition) is 0. The second-order valence-corrected chi connectivity index (χ2v) is 6.58. The van der Waals surface area contributed by atoms with Gasteiger partial charge in [-0.15, -0.1) is 0 Å². The van der Waals surface area contributed by atoms with Gasteiger partial charge in [-0.2, -0.15) is 0 Å². The Labute approximate surface area is 139 Å². The van der Waals surface area contributed by atoms with E-state index in [0.717, 1.165) is 28.1 Å². The highest BCUT2D eigenvalue weighted by atomic mass is 32.2. The van der Waals surface area contributed by atoms with Gasteiger partial charge < -0.3 is 0 Å². The molecule has 0 aliphatic heterocycles. The number of aromatic nitrogens is 2. The van der Waals surface area contributed by atoms with Crippen molar-refractivity contribution < 1.29 is 0 Å². The smallest absolute Gasteiger partial charge is 0.266 e. The number of benzene rings is 2. The van der Waals surface area contributed by atoms with Crippen molar-refractivity contribution in [1.82, 2.24) is 9.55 Å². The van der Waals surface area contributed by atoms with E-state index in [9.17, 15) is 4.79 Å². The van der Waals surface area contributed by atoms with E-state index in [2.05, 4.69) is 6.58 Å². The Balaban J connectivity index is 2.27. The minimum atomic E-state index is -0.0367. The highest BCUT2D eigenvalue weighted by molar-refractivity contribution is 7.99. The average molecular weight is 322 g/mol. The first-order valence-electron chi connectivity index (χ1n) is 7.42. The van der Waals surface area contributed by atoms with Crippen LogP contribution >= 0.6 is 11.8 Å². The lowest BCUT2D eigenvalue weighted by Gasteiger charge is -2.13. The number of fused-ring (bicyclic) bond motifs is 1. The molecule has 0 amide bonds. The molecular formula is C19H18N2OS. The van der Waals surface area contributed by atoms with Crippen LogP contribution in [0.1, 0.15) is 12.5 Å². The van der Waals surface area contributed by atoms with Gasteiger partial charge in [-0.25, -0.2) is 4.98 Å². The quantitative estimate of drug-likeness (QED) is 0.406. The van der Waals surface area contributed by atoms with E-state index in [1.165, 1.54) is 11.8 Å². The van der Waals surface area contributed by atoms with Gasteiger partial charge in [0.25, 0.3) is 5.56 Å². The van der Waals surface area contributed by atoms with Crippen LogP contribution in [0.2, 0.25) is 0 Å². The molecule has 0 fully saturated rings. The Morgan fingerprint density at radius 2 is 2.00 bits per heavy atom. The number of nitrogens with zero attached hydrogens (tertiary/aromatic N) is 2. The summed E-state index contributed by atoms with van der Waals surface area (Å²) in [7, 11) is 0. The molecule has 0 atom stereocenters. The molecule has 3 aromatic rings. The lowest BCUT2D eigenvalue weighted by atomic mass is 10.2. The summed E-state index contributed by atoms with van der Waals surface area (Å²) in [6, 6.07) is 15.4. The molecule has 116 valence electrons. The van der Waals surface area contributed by atoms with Gasteiger partial charge in [0.1, 0.15) is 0 Å². The van der Waals surface area contributed by atoms with Crippen LogP contribution in [-0.2, 0) is 0 Å². The maximum atomic E-state index is 13.0. The third-order valence-electron chi connectivity index (χ3n) is 3.45. The topological polar surface area (TPSA) is 34.9 Å². The van der Waals surface area contributed by atoms with Crippen LogP contribution in [0.5, 0.6) is 0 Å². The Hall–Kier alpha value is -2.33. The fourth-order valence-electron chi connectivity index (χ4n) is 2.39. The Morgan fingerprint density at radius 3 is 2.74 bits per heavy atom. The van der Waals surface area contributed by atoms with Crippen molar-refractivity contribution in [2.45, 2.75) is 19.0 Å². The fraction of sp³-hybridized carbons (Fsp3) is 0.158. The molecule has 0 bridgehead atoms. The van der Waals surface area contributed by atoms with Crippen LogP contribution in [-0.4, -0.2) is 15.3 Å². The molecule has 0 aliphatic rings. The van der Waals surface area contributed by atoms with Crippen LogP contribution in [0, 0.1) is 6.92 Å². The molecule has 0 aliphatic carbocycles. The standard InChI is InChI=1S/C19H18N2OS/c1-13(2)12-23-19-20-17-10-5-4-9-16(17)18(22)21(19)15-8-6-7-14(3)11-15/h4-11H,1,12H2,2-3H3. The van der Waals surface area contributed by atoms with Crippen molar-refractivity contribution in [2.24, 2.45) is 0 Å². The van der Waals surface area contributed by atoms with E-state index in [-0.39, 0.29) is 5.56 Å². The maximum Gasteiger partial charge on any atom is 0.266 e. The lowest BCUT2D eigenvalue weighted by molar-refractivity contribution is 0.819. The molecule has 1 aromatic heterocycles. The molecule has 3 nitrogen and oxygen atoms in total. The third-order valence-corrected chi connectivity index (χ3v) is 4.62. The monoisotopic (exact) mass is 322 g/mol. The molecule has 2 aromatic carbocycles. The van der Waals surface area contributed by atoms with Crippen LogP contribution in [0.25, 0.3) is 16.6 Å². The largest absolute Gasteiger partial charge is 0.268 e. The summed E-state index contributed by atoms with van der Waals surface area (Å²) in [6.45, 7) is 7.93. The second-order valence-electron chi connectivity index (χ2n) is 5.64. The molecular weight excluding hydrogens is 304 g/mol. The van der Waals surface area contributed by atoms with Crippen molar-refractivity contribution in [1.29, 1.82) is 0 Å². The van der Waals surface area contributed by atoms with Crippen LogP contribution in [0.3, 0.4) is 0 Å². The Kier molecular flexibility index (Phi) is 4.35. The fourth-order valence-corrected chi connectivity index (χ4v) is 3.25. The minimum absolute atomic E-state index is 0.0367. The zero-order valence-electron chi connectivity index (χ0n) is 13.2. The molecule has 3 rings (SSSR count). The van der Waals surface area contributed by atoms with Crippen molar-refractivity contribution in [3.8, 4) is 5.69 Å². The molecule has 0 spiro atoms. The van der Waals surface area contributed by atoms with Crippen LogP contribution in [0.4, 0.5) is 0 Å². The highest BCUT2D eigenvalue weighted by Crippen LogP contribution is 2.23. The van der Waals surface area contributed by atoms with Gasteiger partial charge in [-0.05, 0) is 43.7 Å². The summed E-state index contributed by atoms with van der Waals surface area (Å²) in [5, 5.41) is 1.33. The average Bonchev–Trinajstić information content (AvgIpc) is 2.53. The molecule has 0 saturated carbocycles. The molecule has 4 heteroatoms. The van der Waals surface area contributed by atoms with Crippen LogP contribution in [0.15, 0.2) is 70.6 Å². The summed E-state index contributed by atoms with van der Waals surface area (Å²) in [4.78, 5) is 17.7. The van der Waals surface area contributed by atoms with Gasteiger partial charge in [0.15, 0.2) is 5.16 Å². The molecule has 0 unspecified atom stereocenters. The van der Waals surface area contributed by atoms with Gasteiger partial charge in [-0.1, -0.05) is 48.2 Å². The third kappa shape index (κ3) is 3.22. The first kappa shape index (κ1) is 15.6. The summed E-state index contributed by atoms with van der Waals surface area (Å²) in [6.07, 6.45) is 0. The van der Waals surface area contributed by atoms with Crippen LogP contribution < -0.4 is 5.56 Å². The van der Waals surface area contributed by atoms with Gasteiger partial charge in [0.05, 0.1) is 16.6 Å². The SMILES string of the molecule is C=C(C)CSc1nc2ccccc2c(=O)n1-c1cccc(C)c1. The number of thioether (sulfide) groups is 1. The van der Waals surface area contributed by atoms with Gasteiger partial charge >= 0.3 is 0 Å². The normalized spacial score (nSPS) is 10.9. The van der Waals surface area contributed by atoms with Gasteiger partial charge in [0, 0.05) is 5.75 Å². The van der Waals surface area contributed by atoms with E-state index in [4.69, 9.17) is 4.98 Å². The predicted octanol–water partition coefficient (Wildman–Crippen LogP) is 4.36. The number of para-hydroxylation sites is 1. The Bertz CT molecular complexity index is 943. The van der Waals surface area contributed by atoms with Gasteiger partial charge in [-0.3, -0.25) is 9.36 Å². The number of rotatable bonds is 4. The maximum absolute atomic E-state index is 13.0. The second kappa shape index (κ2) is 6.42. The lowest BCUT2D eigenvalue weighted by Crippen LogP contribution is -2.21. The molecule has 0 saturated heterocycles. The van der Waals surface area contributed by atoms with Gasteiger partial charge in [0.2, 0.25) is 0 Å².